The summed E-state index contributed by atoms with van der Waals surface area (Å²) in [5.41, 5.74) is -0.135. The third-order valence-corrected chi connectivity index (χ3v) is 4.86. The van der Waals surface area contributed by atoms with Gasteiger partial charge in [0.25, 0.3) is 0 Å². The van der Waals surface area contributed by atoms with Gasteiger partial charge in [-0.15, -0.1) is 0 Å². The highest BCUT2D eigenvalue weighted by molar-refractivity contribution is 5.81. The molecule has 2 aromatic rings. The molecule has 0 amide bonds. The number of aliphatic hydroxyl groups excluding tert-OH is 3. The number of hydrogen-bond acceptors (Lipinski definition) is 7. The Morgan fingerprint density at radius 3 is 2.58 bits per heavy atom. The first kappa shape index (κ1) is 17.6. The molecule has 0 bridgehead atoms. The predicted molar refractivity (Wildman–Crippen MR) is 85.7 cm³/mol. The summed E-state index contributed by atoms with van der Waals surface area (Å²) < 4.78 is 41.5. The maximum atomic E-state index is 14.9. The highest BCUT2D eigenvalue weighted by Crippen LogP contribution is 2.35. The molecule has 0 saturated carbocycles. The Morgan fingerprint density at radius 2 is 1.92 bits per heavy atom. The lowest BCUT2D eigenvalue weighted by molar-refractivity contribution is -0.0509. The van der Waals surface area contributed by atoms with Gasteiger partial charge >= 0.3 is 0 Å². The summed E-state index contributed by atoms with van der Waals surface area (Å²) in [6, 6.07) is 1.13. The first-order valence-electron chi connectivity index (χ1n) is 8.32. The van der Waals surface area contributed by atoms with E-state index in [1.807, 2.05) is 0 Å². The zero-order chi connectivity index (χ0) is 18.4. The SMILES string of the molecule is OC[C@H]1O[C@@H](n2cnc3c(F)c(N4CCOCC4)c(F)cc32)[C@H](O)[C@@H]1O. The summed E-state index contributed by atoms with van der Waals surface area (Å²) in [6.07, 6.45) is -3.56. The fraction of sp³-hybridized carbons (Fsp3) is 0.562. The number of nitrogens with zero attached hydrogens (tertiary/aromatic N) is 3. The molecule has 1 aromatic heterocycles. The zero-order valence-corrected chi connectivity index (χ0v) is 13.8. The van der Waals surface area contributed by atoms with E-state index in [9.17, 15) is 24.1 Å². The normalized spacial score (nSPS) is 29.7. The minimum atomic E-state index is -1.37. The highest BCUT2D eigenvalue weighted by atomic mass is 19.1. The van der Waals surface area contributed by atoms with E-state index in [-0.39, 0.29) is 16.7 Å². The minimum Gasteiger partial charge on any atom is -0.394 e. The smallest absolute Gasteiger partial charge is 0.177 e. The van der Waals surface area contributed by atoms with Crippen LogP contribution in [0, 0.1) is 11.6 Å². The summed E-state index contributed by atoms with van der Waals surface area (Å²) >= 11 is 0. The van der Waals surface area contributed by atoms with E-state index in [0.29, 0.717) is 26.3 Å². The molecule has 142 valence electrons. The molecule has 0 aliphatic carbocycles. The van der Waals surface area contributed by atoms with Crippen LogP contribution in [0.3, 0.4) is 0 Å². The second-order valence-electron chi connectivity index (χ2n) is 6.37. The van der Waals surface area contributed by atoms with Crippen LogP contribution < -0.4 is 4.90 Å². The maximum Gasteiger partial charge on any atom is 0.177 e. The largest absolute Gasteiger partial charge is 0.394 e. The maximum absolute atomic E-state index is 14.9. The lowest BCUT2D eigenvalue weighted by Crippen LogP contribution is -2.37. The molecule has 4 atom stereocenters. The minimum absolute atomic E-state index is 0.0642. The summed E-state index contributed by atoms with van der Waals surface area (Å²) in [4.78, 5) is 5.57. The Hall–Kier alpha value is -1.85. The van der Waals surface area contributed by atoms with Crippen molar-refractivity contribution in [2.45, 2.75) is 24.5 Å². The molecular formula is C16H19F2N3O5. The molecule has 2 aliphatic heterocycles. The molecule has 2 aliphatic rings. The Kier molecular flexibility index (Phi) is 4.53. The molecule has 4 rings (SSSR count). The summed E-state index contributed by atoms with van der Waals surface area (Å²) in [5.74, 6) is -1.56. The number of rotatable bonds is 3. The van der Waals surface area contributed by atoms with E-state index in [1.54, 1.807) is 4.90 Å². The third-order valence-electron chi connectivity index (χ3n) is 4.86. The van der Waals surface area contributed by atoms with Crippen molar-refractivity contribution in [2.75, 3.05) is 37.8 Å². The monoisotopic (exact) mass is 371 g/mol. The quantitative estimate of drug-likeness (QED) is 0.685. The first-order valence-corrected chi connectivity index (χ1v) is 8.32. The van der Waals surface area contributed by atoms with Gasteiger partial charge in [-0.05, 0) is 0 Å². The van der Waals surface area contributed by atoms with E-state index in [1.165, 1.54) is 10.9 Å². The van der Waals surface area contributed by atoms with Gasteiger partial charge in [0, 0.05) is 19.2 Å². The zero-order valence-electron chi connectivity index (χ0n) is 13.8. The molecule has 2 fully saturated rings. The number of benzene rings is 1. The Bertz CT molecular complexity index is 811. The number of fused-ring (bicyclic) bond motifs is 1. The number of hydrogen-bond donors (Lipinski definition) is 3. The fourth-order valence-corrected chi connectivity index (χ4v) is 3.48. The summed E-state index contributed by atoms with van der Waals surface area (Å²) in [7, 11) is 0. The van der Waals surface area contributed by atoms with Gasteiger partial charge in [-0.2, -0.15) is 0 Å². The molecular weight excluding hydrogens is 352 g/mol. The standard InChI is InChI=1S/C16H19F2N3O5/c17-8-5-9-12(11(18)13(8)20-1-3-25-4-2-20)19-7-21(9)16-15(24)14(23)10(6-22)26-16/h5,7,10,14-16,22-24H,1-4,6H2/t10-,14-,15-,16-/m1/s1. The van der Waals surface area contributed by atoms with Gasteiger partial charge in [0.1, 0.15) is 29.5 Å². The van der Waals surface area contributed by atoms with Crippen LogP contribution in [0.2, 0.25) is 0 Å². The number of aliphatic hydroxyl groups is 3. The van der Waals surface area contributed by atoms with Gasteiger partial charge in [0.15, 0.2) is 17.9 Å². The van der Waals surface area contributed by atoms with Crippen LogP contribution in [0.15, 0.2) is 12.4 Å². The molecule has 0 spiro atoms. The van der Waals surface area contributed by atoms with Gasteiger partial charge in [-0.3, -0.25) is 0 Å². The molecule has 8 nitrogen and oxygen atoms in total. The van der Waals surface area contributed by atoms with E-state index in [0.717, 1.165) is 6.07 Å². The average molecular weight is 371 g/mol. The van der Waals surface area contributed by atoms with Crippen LogP contribution in [0.25, 0.3) is 11.0 Å². The van der Waals surface area contributed by atoms with Crippen LogP contribution >= 0.6 is 0 Å². The van der Waals surface area contributed by atoms with Crippen molar-refractivity contribution >= 4 is 16.7 Å². The van der Waals surface area contributed by atoms with Gasteiger partial charge in [-0.25, -0.2) is 13.8 Å². The van der Waals surface area contributed by atoms with E-state index >= 15 is 0 Å². The van der Waals surface area contributed by atoms with Crippen molar-refractivity contribution in [1.29, 1.82) is 0 Å². The van der Waals surface area contributed by atoms with Crippen molar-refractivity contribution in [3.05, 3.63) is 24.0 Å². The Morgan fingerprint density at radius 1 is 1.19 bits per heavy atom. The number of aromatic nitrogens is 2. The summed E-state index contributed by atoms with van der Waals surface area (Å²) in [5, 5.41) is 29.2. The van der Waals surface area contributed by atoms with E-state index in [4.69, 9.17) is 9.47 Å². The molecule has 0 unspecified atom stereocenters. The van der Waals surface area contributed by atoms with Crippen molar-refractivity contribution in [3.8, 4) is 0 Å². The number of halogens is 2. The number of anilines is 1. The number of morpholine rings is 1. The van der Waals surface area contributed by atoms with Gasteiger partial charge in [0.2, 0.25) is 0 Å². The second kappa shape index (κ2) is 6.71. The predicted octanol–water partition coefficient (Wildman–Crippen LogP) is -0.237. The molecule has 1 aromatic carbocycles. The van der Waals surface area contributed by atoms with E-state index < -0.39 is 42.8 Å². The van der Waals surface area contributed by atoms with Crippen LogP contribution in [0.5, 0.6) is 0 Å². The average Bonchev–Trinajstić information content (AvgIpc) is 3.18. The van der Waals surface area contributed by atoms with Crippen LogP contribution in [0.1, 0.15) is 6.23 Å². The molecule has 0 radical (unpaired) electrons. The summed E-state index contributed by atoms with van der Waals surface area (Å²) in [6.45, 7) is 1.01. The van der Waals surface area contributed by atoms with Crippen molar-refractivity contribution in [2.24, 2.45) is 0 Å². The van der Waals surface area contributed by atoms with E-state index in [2.05, 4.69) is 4.98 Å². The molecule has 26 heavy (non-hydrogen) atoms. The Balaban J connectivity index is 1.75. The Labute approximate surface area is 147 Å². The van der Waals surface area contributed by atoms with Crippen LogP contribution in [-0.2, 0) is 9.47 Å². The van der Waals surface area contributed by atoms with Gasteiger partial charge in [0.05, 0.1) is 31.7 Å². The third kappa shape index (κ3) is 2.65. The molecule has 3 heterocycles. The van der Waals surface area contributed by atoms with Gasteiger partial charge in [-0.1, -0.05) is 0 Å². The number of ether oxygens (including phenoxy) is 2. The lowest BCUT2D eigenvalue weighted by atomic mass is 10.1. The highest BCUT2D eigenvalue weighted by Gasteiger charge is 2.44. The van der Waals surface area contributed by atoms with Crippen LogP contribution in [-0.4, -0.2) is 76.1 Å². The molecule has 2 saturated heterocycles. The molecule has 10 heteroatoms. The first-order chi connectivity index (χ1) is 12.5. The van der Waals surface area contributed by atoms with Crippen molar-refractivity contribution in [1.82, 2.24) is 9.55 Å². The lowest BCUT2D eigenvalue weighted by Gasteiger charge is -2.29. The fourth-order valence-electron chi connectivity index (χ4n) is 3.48. The topological polar surface area (TPSA) is 100 Å². The van der Waals surface area contributed by atoms with Crippen molar-refractivity contribution in [3.63, 3.8) is 0 Å². The molecule has 3 N–H and O–H groups in total. The number of imidazole rings is 1. The van der Waals surface area contributed by atoms with Gasteiger partial charge < -0.3 is 34.3 Å². The second-order valence-corrected chi connectivity index (χ2v) is 6.37. The van der Waals surface area contributed by atoms with Crippen LogP contribution in [0.4, 0.5) is 14.5 Å². The van der Waals surface area contributed by atoms with Crippen molar-refractivity contribution < 1.29 is 33.6 Å².